The smallest absolute Gasteiger partial charge is 0.357 e. The lowest BCUT2D eigenvalue weighted by molar-refractivity contribution is 0.0474. The summed E-state index contributed by atoms with van der Waals surface area (Å²) in [6, 6.07) is 6.55. The maximum Gasteiger partial charge on any atom is 0.357 e. The maximum atomic E-state index is 12.0. The molecule has 0 N–H and O–H groups in total. The number of nitrogens with zero attached hydrogens (tertiary/aromatic N) is 1. The predicted octanol–water partition coefficient (Wildman–Crippen LogP) is 3.24. The average molecular weight is 308 g/mol. The van der Waals surface area contributed by atoms with E-state index in [0.29, 0.717) is 15.9 Å². The van der Waals surface area contributed by atoms with Gasteiger partial charge in [0.25, 0.3) is 0 Å². The van der Waals surface area contributed by atoms with Crippen molar-refractivity contribution in [3.63, 3.8) is 0 Å². The van der Waals surface area contributed by atoms with E-state index in [2.05, 4.69) is 4.98 Å². The normalized spacial score (nSPS) is 10.4. The standard InChI is InChI=1S/C15H14ClNO4/c1-3-20-14(18)11-8-9-7-10(16)5-6-12(9)17-13(11)15(19)21-4-2/h5-8H,3-4H2,1-2H3. The summed E-state index contributed by atoms with van der Waals surface area (Å²) < 4.78 is 9.89. The number of hydrogen-bond donors (Lipinski definition) is 0. The molecule has 6 heteroatoms. The molecule has 2 rings (SSSR count). The van der Waals surface area contributed by atoms with Gasteiger partial charge in [-0.05, 0) is 38.1 Å². The number of halogens is 1. The highest BCUT2D eigenvalue weighted by atomic mass is 35.5. The Kier molecular flexibility index (Phi) is 4.75. The van der Waals surface area contributed by atoms with Crippen LogP contribution in [-0.4, -0.2) is 30.1 Å². The molecule has 21 heavy (non-hydrogen) atoms. The Morgan fingerprint density at radius 3 is 2.43 bits per heavy atom. The Labute approximate surface area is 126 Å². The molecule has 2 aromatic rings. The molecule has 110 valence electrons. The average Bonchev–Trinajstić information content (AvgIpc) is 2.46. The highest BCUT2D eigenvalue weighted by Crippen LogP contribution is 2.22. The molecule has 0 radical (unpaired) electrons. The van der Waals surface area contributed by atoms with Crippen molar-refractivity contribution in [2.75, 3.05) is 13.2 Å². The van der Waals surface area contributed by atoms with E-state index in [4.69, 9.17) is 21.1 Å². The maximum absolute atomic E-state index is 12.0. The van der Waals surface area contributed by atoms with Gasteiger partial charge in [-0.3, -0.25) is 0 Å². The zero-order chi connectivity index (χ0) is 15.4. The van der Waals surface area contributed by atoms with Gasteiger partial charge in [0.1, 0.15) is 0 Å². The lowest BCUT2D eigenvalue weighted by Crippen LogP contribution is -2.16. The molecule has 0 aliphatic carbocycles. The van der Waals surface area contributed by atoms with Gasteiger partial charge in [0.15, 0.2) is 5.69 Å². The number of rotatable bonds is 4. The van der Waals surface area contributed by atoms with Crippen LogP contribution in [0.4, 0.5) is 0 Å². The molecule has 0 aliphatic rings. The van der Waals surface area contributed by atoms with Gasteiger partial charge >= 0.3 is 11.9 Å². The van der Waals surface area contributed by atoms with E-state index in [9.17, 15) is 9.59 Å². The molecule has 5 nitrogen and oxygen atoms in total. The number of carbonyl (C=O) groups is 2. The van der Waals surface area contributed by atoms with E-state index in [1.807, 2.05) is 0 Å². The summed E-state index contributed by atoms with van der Waals surface area (Å²) in [6.07, 6.45) is 0. The number of benzene rings is 1. The van der Waals surface area contributed by atoms with Gasteiger partial charge in [-0.2, -0.15) is 0 Å². The largest absolute Gasteiger partial charge is 0.462 e. The lowest BCUT2D eigenvalue weighted by atomic mass is 10.1. The van der Waals surface area contributed by atoms with Gasteiger partial charge in [-0.15, -0.1) is 0 Å². The van der Waals surface area contributed by atoms with E-state index in [-0.39, 0.29) is 24.5 Å². The summed E-state index contributed by atoms with van der Waals surface area (Å²) in [5, 5.41) is 1.17. The number of aromatic nitrogens is 1. The van der Waals surface area contributed by atoms with Crippen LogP contribution in [0.15, 0.2) is 24.3 Å². The first-order valence-electron chi connectivity index (χ1n) is 6.51. The fourth-order valence-corrected chi connectivity index (χ4v) is 2.05. The minimum absolute atomic E-state index is 0.0508. The van der Waals surface area contributed by atoms with Crippen LogP contribution in [-0.2, 0) is 9.47 Å². The van der Waals surface area contributed by atoms with E-state index in [1.54, 1.807) is 38.1 Å². The first kappa shape index (κ1) is 15.3. The molecule has 0 saturated heterocycles. The molecular weight excluding hydrogens is 294 g/mol. The van der Waals surface area contributed by atoms with Crippen LogP contribution >= 0.6 is 11.6 Å². The Morgan fingerprint density at radius 2 is 1.76 bits per heavy atom. The fourth-order valence-electron chi connectivity index (χ4n) is 1.87. The van der Waals surface area contributed by atoms with Crippen molar-refractivity contribution < 1.29 is 19.1 Å². The van der Waals surface area contributed by atoms with E-state index >= 15 is 0 Å². The molecule has 1 aromatic carbocycles. The van der Waals surface area contributed by atoms with Crippen LogP contribution in [0, 0.1) is 0 Å². The van der Waals surface area contributed by atoms with Crippen molar-refractivity contribution in [3.05, 3.63) is 40.5 Å². The van der Waals surface area contributed by atoms with Gasteiger partial charge in [0.2, 0.25) is 0 Å². The Balaban J connectivity index is 2.62. The lowest BCUT2D eigenvalue weighted by Gasteiger charge is -2.09. The van der Waals surface area contributed by atoms with Gasteiger partial charge in [0.05, 0.1) is 24.3 Å². The summed E-state index contributed by atoms with van der Waals surface area (Å²) in [7, 11) is 0. The van der Waals surface area contributed by atoms with Crippen LogP contribution in [0.2, 0.25) is 5.02 Å². The second-order valence-electron chi connectivity index (χ2n) is 4.16. The minimum atomic E-state index is -0.655. The molecule has 0 saturated carbocycles. The zero-order valence-electron chi connectivity index (χ0n) is 11.7. The molecule has 0 aliphatic heterocycles. The summed E-state index contributed by atoms with van der Waals surface area (Å²) in [5.41, 5.74) is 0.575. The molecular formula is C15H14ClNO4. The first-order valence-corrected chi connectivity index (χ1v) is 6.89. The summed E-state index contributed by atoms with van der Waals surface area (Å²) >= 11 is 5.93. The van der Waals surface area contributed by atoms with E-state index in [0.717, 1.165) is 0 Å². The fraction of sp³-hybridized carbons (Fsp3) is 0.267. The predicted molar refractivity (Wildman–Crippen MR) is 78.7 cm³/mol. The van der Waals surface area contributed by atoms with Gasteiger partial charge in [-0.25, -0.2) is 14.6 Å². The van der Waals surface area contributed by atoms with Crippen LogP contribution < -0.4 is 0 Å². The third kappa shape index (κ3) is 3.31. The molecule has 0 fully saturated rings. The number of esters is 2. The Hall–Kier alpha value is -2.14. The number of fused-ring (bicyclic) bond motifs is 1. The number of carbonyl (C=O) groups excluding carboxylic acids is 2. The molecule has 1 heterocycles. The summed E-state index contributed by atoms with van der Waals surface area (Å²) in [4.78, 5) is 28.2. The number of ether oxygens (including phenoxy) is 2. The van der Waals surface area contributed by atoms with Crippen molar-refractivity contribution in [2.24, 2.45) is 0 Å². The van der Waals surface area contributed by atoms with Gasteiger partial charge < -0.3 is 9.47 Å². The topological polar surface area (TPSA) is 65.5 Å². The van der Waals surface area contributed by atoms with E-state index < -0.39 is 11.9 Å². The van der Waals surface area contributed by atoms with E-state index in [1.165, 1.54) is 0 Å². The molecule has 0 amide bonds. The van der Waals surface area contributed by atoms with Crippen LogP contribution in [0.25, 0.3) is 10.9 Å². The highest BCUT2D eigenvalue weighted by molar-refractivity contribution is 6.31. The quantitative estimate of drug-likeness (QED) is 0.811. The van der Waals surface area contributed by atoms with Gasteiger partial charge in [0, 0.05) is 10.4 Å². The highest BCUT2D eigenvalue weighted by Gasteiger charge is 2.22. The zero-order valence-corrected chi connectivity index (χ0v) is 12.4. The number of pyridine rings is 1. The van der Waals surface area contributed by atoms with Crippen LogP contribution in [0.1, 0.15) is 34.7 Å². The number of hydrogen-bond acceptors (Lipinski definition) is 5. The molecule has 1 aromatic heterocycles. The SMILES string of the molecule is CCOC(=O)c1cc2cc(Cl)ccc2nc1C(=O)OCC. The van der Waals surface area contributed by atoms with Gasteiger partial charge in [-0.1, -0.05) is 11.6 Å². The van der Waals surface area contributed by atoms with Crippen molar-refractivity contribution in [2.45, 2.75) is 13.8 Å². The summed E-state index contributed by atoms with van der Waals surface area (Å²) in [5.74, 6) is -1.27. The molecule has 0 spiro atoms. The second-order valence-corrected chi connectivity index (χ2v) is 4.60. The van der Waals surface area contributed by atoms with Crippen molar-refractivity contribution in [1.29, 1.82) is 0 Å². The third-order valence-electron chi connectivity index (χ3n) is 2.74. The second kappa shape index (κ2) is 6.54. The first-order chi connectivity index (χ1) is 10.1. The van der Waals surface area contributed by atoms with Crippen molar-refractivity contribution in [3.8, 4) is 0 Å². The van der Waals surface area contributed by atoms with Crippen molar-refractivity contribution >= 4 is 34.4 Å². The molecule has 0 bridgehead atoms. The van der Waals surface area contributed by atoms with Crippen molar-refractivity contribution in [1.82, 2.24) is 4.98 Å². The van der Waals surface area contributed by atoms with Crippen LogP contribution in [0.3, 0.4) is 0 Å². The Bertz CT molecular complexity index is 699. The van der Waals surface area contributed by atoms with Crippen LogP contribution in [0.5, 0.6) is 0 Å². The summed E-state index contributed by atoms with van der Waals surface area (Å²) in [6.45, 7) is 3.77. The minimum Gasteiger partial charge on any atom is -0.462 e. The molecule has 0 atom stereocenters. The molecule has 0 unspecified atom stereocenters. The monoisotopic (exact) mass is 307 g/mol. The Morgan fingerprint density at radius 1 is 1.10 bits per heavy atom. The third-order valence-corrected chi connectivity index (χ3v) is 2.98.